The molecule has 0 saturated heterocycles. The van der Waals surface area contributed by atoms with Crippen LogP contribution in [-0.2, 0) is 0 Å². The minimum absolute atomic E-state index is 0.280. The van der Waals surface area contributed by atoms with Crippen LogP contribution in [0.4, 0.5) is 0 Å². The largest absolute Gasteiger partial charge is 0.396 e. The lowest BCUT2D eigenvalue weighted by Crippen LogP contribution is -1.87. The normalized spacial score (nSPS) is 13.3. The summed E-state index contributed by atoms with van der Waals surface area (Å²) in [7, 11) is 0. The van der Waals surface area contributed by atoms with Gasteiger partial charge in [-0.2, -0.15) is 11.8 Å². The molecule has 0 saturated carbocycles. The first-order valence-corrected chi connectivity index (χ1v) is 10.4. The number of thioether (sulfide) groups is 1. The maximum atomic E-state index is 8.75. The van der Waals surface area contributed by atoms with E-state index in [0.717, 1.165) is 30.8 Å². The highest BCUT2D eigenvalue weighted by Crippen LogP contribution is 2.14. The van der Waals surface area contributed by atoms with E-state index in [-0.39, 0.29) is 6.61 Å². The number of rotatable bonds is 13. The maximum absolute atomic E-state index is 8.75. The van der Waals surface area contributed by atoms with Crippen molar-refractivity contribution < 1.29 is 5.11 Å². The van der Waals surface area contributed by atoms with Crippen molar-refractivity contribution in [2.24, 2.45) is 0 Å². The van der Waals surface area contributed by atoms with Crippen molar-refractivity contribution in [3.05, 3.63) is 46.6 Å². The summed E-state index contributed by atoms with van der Waals surface area (Å²) in [5.41, 5.74) is 5.89. The van der Waals surface area contributed by atoms with E-state index in [1.54, 1.807) is 11.8 Å². The second kappa shape index (κ2) is 15.8. The Morgan fingerprint density at radius 3 is 1.62 bits per heavy atom. The number of hydrogen-bond donors (Lipinski definition) is 1. The summed E-state index contributed by atoms with van der Waals surface area (Å²) < 4.78 is 0. The number of aliphatic hydroxyl groups is 1. The van der Waals surface area contributed by atoms with Crippen LogP contribution in [0.15, 0.2) is 46.6 Å². The predicted molar refractivity (Wildman–Crippen MR) is 113 cm³/mol. The molecular formula is C22H38OS. The lowest BCUT2D eigenvalue weighted by molar-refractivity contribution is 0.322. The van der Waals surface area contributed by atoms with Gasteiger partial charge in [0.05, 0.1) is 6.61 Å². The Balaban J connectivity index is 3.92. The van der Waals surface area contributed by atoms with Gasteiger partial charge in [-0.25, -0.2) is 0 Å². The molecule has 1 N–H and O–H groups in total. The van der Waals surface area contributed by atoms with Gasteiger partial charge in [0.25, 0.3) is 0 Å². The van der Waals surface area contributed by atoms with E-state index in [9.17, 15) is 0 Å². The van der Waals surface area contributed by atoms with E-state index in [1.165, 1.54) is 41.6 Å². The molecular weight excluding hydrogens is 312 g/mol. The fourth-order valence-electron chi connectivity index (χ4n) is 2.34. The molecule has 0 bridgehead atoms. The number of allylic oxidation sites excluding steroid dienone is 7. The molecule has 0 aliphatic carbocycles. The van der Waals surface area contributed by atoms with Crippen LogP contribution in [0.2, 0.25) is 0 Å². The summed E-state index contributed by atoms with van der Waals surface area (Å²) in [6, 6.07) is 0. The van der Waals surface area contributed by atoms with Gasteiger partial charge in [0.15, 0.2) is 0 Å². The average molecular weight is 351 g/mol. The first-order chi connectivity index (χ1) is 11.5. The molecule has 0 radical (unpaired) electrons. The summed E-state index contributed by atoms with van der Waals surface area (Å²) >= 11 is 1.79. The third kappa shape index (κ3) is 16.1. The monoisotopic (exact) mass is 350 g/mol. The Kier molecular flexibility index (Phi) is 15.3. The Labute approximate surface area is 155 Å². The highest BCUT2D eigenvalue weighted by Gasteiger charge is 1.94. The van der Waals surface area contributed by atoms with Crippen molar-refractivity contribution in [1.29, 1.82) is 0 Å². The Morgan fingerprint density at radius 2 is 1.17 bits per heavy atom. The first kappa shape index (κ1) is 23.3. The van der Waals surface area contributed by atoms with E-state index in [2.05, 4.69) is 58.9 Å². The van der Waals surface area contributed by atoms with Gasteiger partial charge in [-0.3, -0.25) is 0 Å². The molecule has 0 aromatic carbocycles. The van der Waals surface area contributed by atoms with Gasteiger partial charge in [0.2, 0.25) is 0 Å². The molecule has 0 aromatic heterocycles. The fourth-order valence-corrected chi connectivity index (χ4v) is 3.03. The lowest BCUT2D eigenvalue weighted by atomic mass is 10.0. The van der Waals surface area contributed by atoms with Crippen LogP contribution >= 0.6 is 11.8 Å². The van der Waals surface area contributed by atoms with Gasteiger partial charge in [-0.15, -0.1) is 0 Å². The molecule has 0 fully saturated rings. The minimum Gasteiger partial charge on any atom is -0.396 e. The molecule has 1 nitrogen and oxygen atoms in total. The number of aliphatic hydroxyl groups excluding tert-OH is 1. The van der Waals surface area contributed by atoms with Crippen LogP contribution in [0, 0.1) is 0 Å². The summed E-state index contributed by atoms with van der Waals surface area (Å²) in [4.78, 5) is 0. The average Bonchev–Trinajstić information content (AvgIpc) is 2.51. The lowest BCUT2D eigenvalue weighted by Gasteiger charge is -2.03. The highest BCUT2D eigenvalue weighted by molar-refractivity contribution is 7.99. The molecule has 0 aromatic rings. The van der Waals surface area contributed by atoms with Gasteiger partial charge in [-0.05, 0) is 73.1 Å². The summed E-state index contributed by atoms with van der Waals surface area (Å²) in [5, 5.41) is 8.75. The van der Waals surface area contributed by atoms with Crippen LogP contribution in [0.1, 0.15) is 73.1 Å². The Morgan fingerprint density at radius 1 is 0.708 bits per heavy atom. The van der Waals surface area contributed by atoms with Crippen molar-refractivity contribution in [1.82, 2.24) is 0 Å². The third-order valence-corrected chi connectivity index (χ3v) is 4.81. The molecule has 0 heterocycles. The van der Waals surface area contributed by atoms with E-state index in [4.69, 9.17) is 5.11 Å². The quantitative estimate of drug-likeness (QED) is 0.289. The van der Waals surface area contributed by atoms with E-state index in [0.29, 0.717) is 0 Å². The molecule has 0 amide bonds. The predicted octanol–water partition coefficient (Wildman–Crippen LogP) is 6.86. The van der Waals surface area contributed by atoms with Crippen molar-refractivity contribution >= 4 is 11.8 Å². The topological polar surface area (TPSA) is 20.2 Å². The zero-order valence-corrected chi connectivity index (χ0v) is 17.3. The van der Waals surface area contributed by atoms with Crippen molar-refractivity contribution in [2.45, 2.75) is 73.1 Å². The fraction of sp³-hybridized carbons (Fsp3) is 0.636. The van der Waals surface area contributed by atoms with Crippen LogP contribution < -0.4 is 0 Å². The summed E-state index contributed by atoms with van der Waals surface area (Å²) in [6.07, 6.45) is 16.4. The van der Waals surface area contributed by atoms with Crippen molar-refractivity contribution in [2.75, 3.05) is 18.1 Å². The molecule has 24 heavy (non-hydrogen) atoms. The summed E-state index contributed by atoms with van der Waals surface area (Å²) in [6.45, 7) is 11.3. The SMILES string of the molecule is CC(C)=CCCC(C)=CCCC(C)=CCCC(C)=CCSCCO. The van der Waals surface area contributed by atoms with Gasteiger partial charge in [0, 0.05) is 11.5 Å². The van der Waals surface area contributed by atoms with E-state index in [1.807, 2.05) is 0 Å². The second-order valence-electron chi connectivity index (χ2n) is 6.85. The van der Waals surface area contributed by atoms with Crippen LogP contribution in [0.25, 0.3) is 0 Å². The van der Waals surface area contributed by atoms with E-state index >= 15 is 0 Å². The number of hydrogen-bond acceptors (Lipinski definition) is 2. The zero-order chi connectivity index (χ0) is 18.2. The molecule has 138 valence electrons. The standard InChI is InChI=1S/C22H38OS/c1-19(2)9-6-10-20(3)11-7-12-21(4)13-8-14-22(5)15-17-24-18-16-23/h9,11,13,15,23H,6-8,10,12,14,16-18H2,1-5H3. The van der Waals surface area contributed by atoms with E-state index < -0.39 is 0 Å². The Hall–Kier alpha value is -0.730. The van der Waals surface area contributed by atoms with Gasteiger partial charge in [0.1, 0.15) is 0 Å². The van der Waals surface area contributed by atoms with Gasteiger partial charge >= 0.3 is 0 Å². The maximum Gasteiger partial charge on any atom is 0.0521 e. The second-order valence-corrected chi connectivity index (χ2v) is 8.00. The molecule has 0 spiro atoms. The third-order valence-electron chi connectivity index (χ3n) is 3.94. The molecule has 0 aliphatic heterocycles. The smallest absolute Gasteiger partial charge is 0.0521 e. The zero-order valence-electron chi connectivity index (χ0n) is 16.5. The van der Waals surface area contributed by atoms with Crippen molar-refractivity contribution in [3.63, 3.8) is 0 Å². The molecule has 0 rings (SSSR count). The molecule has 0 atom stereocenters. The van der Waals surface area contributed by atoms with Gasteiger partial charge in [-0.1, -0.05) is 46.6 Å². The Bertz CT molecular complexity index is 437. The van der Waals surface area contributed by atoms with Crippen molar-refractivity contribution in [3.8, 4) is 0 Å². The minimum atomic E-state index is 0.280. The first-order valence-electron chi connectivity index (χ1n) is 9.24. The molecule has 0 aliphatic rings. The highest BCUT2D eigenvalue weighted by atomic mass is 32.2. The molecule has 0 unspecified atom stereocenters. The van der Waals surface area contributed by atoms with Crippen LogP contribution in [0.3, 0.4) is 0 Å². The van der Waals surface area contributed by atoms with Gasteiger partial charge < -0.3 is 5.11 Å². The molecule has 2 heteroatoms. The van der Waals surface area contributed by atoms with Crippen LogP contribution in [-0.4, -0.2) is 23.2 Å². The summed E-state index contributed by atoms with van der Waals surface area (Å²) in [5.74, 6) is 1.86. The van der Waals surface area contributed by atoms with Crippen LogP contribution in [0.5, 0.6) is 0 Å².